The van der Waals surface area contributed by atoms with Crippen LogP contribution in [-0.2, 0) is 52.6 Å². The second kappa shape index (κ2) is 41.6. The lowest BCUT2D eigenvalue weighted by Gasteiger charge is -2.47. The number of aliphatic hydroxyl groups is 6. The third kappa shape index (κ3) is 23.6. The zero-order valence-electron chi connectivity index (χ0n) is 67.8. The molecule has 7 aliphatic rings. The topological polar surface area (TPSA) is 522 Å². The van der Waals surface area contributed by atoms with Crippen LogP contribution in [0.3, 0.4) is 0 Å². The van der Waals surface area contributed by atoms with Gasteiger partial charge in [-0.3, -0.25) is 38.4 Å². The molecule has 8 amide bonds. The fraction of sp³-hybridized carbons (Fsp3) is 0.537. The van der Waals surface area contributed by atoms with E-state index in [1.54, 1.807) is 10.8 Å². The lowest BCUT2D eigenvalue weighted by Crippen LogP contribution is -2.64. The number of halogens is 2. The second-order valence-corrected chi connectivity index (χ2v) is 36.0. The maximum atomic E-state index is 16.3. The molecule has 120 heavy (non-hydrogen) atoms. The number of nitrogens with two attached hydrogens (primary N) is 2. The monoisotopic (exact) mass is 1750 g/mol. The van der Waals surface area contributed by atoms with E-state index in [2.05, 4.69) is 63.7 Å². The Balaban J connectivity index is 1.10. The number of aliphatic hydroxyl groups excluding tert-OH is 6. The Hall–Kier alpha value is -8.54. The number of fused-ring (bicyclic) bond motifs is 15. The van der Waals surface area contributed by atoms with Crippen LogP contribution in [0.4, 0.5) is 0 Å². The van der Waals surface area contributed by atoms with Gasteiger partial charge < -0.3 is 133 Å². The van der Waals surface area contributed by atoms with E-state index in [0.29, 0.717) is 5.75 Å². The number of amides is 8. The molecule has 12 rings (SSSR count). The van der Waals surface area contributed by atoms with Crippen molar-refractivity contribution in [2.45, 2.75) is 214 Å². The number of hydrogen-bond donors (Lipinski definition) is 19. The fourth-order valence-electron chi connectivity index (χ4n) is 14.9. The Bertz CT molecular complexity index is 4510. The van der Waals surface area contributed by atoms with Crippen molar-refractivity contribution in [3.05, 3.63) is 117 Å². The predicted octanol–water partition coefficient (Wildman–Crippen LogP) is 4.74. The molecule has 38 heteroatoms. The Morgan fingerprint density at radius 2 is 1.27 bits per heavy atom. The quantitative estimate of drug-likeness (QED) is 0.0175. The van der Waals surface area contributed by atoms with Crippen molar-refractivity contribution in [1.82, 2.24) is 42.5 Å². The highest BCUT2D eigenvalue weighted by Crippen LogP contribution is 2.50. The molecular weight excluding hydrogens is 1640 g/mol. The van der Waals surface area contributed by atoms with Crippen LogP contribution in [0, 0.1) is 5.92 Å². The third-order valence-electron chi connectivity index (χ3n) is 21.4. The third-order valence-corrected chi connectivity index (χ3v) is 24.5. The van der Waals surface area contributed by atoms with Crippen LogP contribution in [0.15, 0.2) is 78.9 Å². The van der Waals surface area contributed by atoms with Gasteiger partial charge >= 0.3 is 0 Å². The Morgan fingerprint density at radius 1 is 0.675 bits per heavy atom. The zero-order valence-corrected chi connectivity index (χ0v) is 71.0. The average molecular weight is 1750 g/mol. The molecule has 2 saturated heterocycles. The van der Waals surface area contributed by atoms with Crippen LogP contribution in [0.1, 0.15) is 163 Å². The molecule has 7 heterocycles. The van der Waals surface area contributed by atoms with Crippen molar-refractivity contribution in [1.29, 1.82) is 0 Å². The van der Waals surface area contributed by atoms with Gasteiger partial charge in [0.1, 0.15) is 95.5 Å². The first-order valence-corrected chi connectivity index (χ1v) is 43.1. The SMILES string of the molecule is CN[C@H](CC(C)C)C(=O)N[C@H]1C(=O)N[C@@H](CC(N)=O)C(=O)N[C@H]2C(=O)N[C@H]3C(=O)N[C@H](C(=O)N[C@H](C(=O)NCCSSCCCCCCCCCCC[N+](C)(C)C)c4cc(O)cc(O)c4-c4cc3ccc4O)[C@H](O)c3ccc(c(Cl)c3)Oc3cc2cc(c3O[C@@H]2O[C@H](CO)[C@@H](O)[C@H](O)[C@H]2O[C@H]2C[C@](C)(N)[C@H](O)[C@H](C)O2)Oc2ccc(cc2Cl)[C@H]1O. The summed E-state index contributed by atoms with van der Waals surface area (Å²) in [7, 11) is 11.2. The molecule has 0 aromatic heterocycles. The number of ether oxygens (including phenoxy) is 6. The van der Waals surface area contributed by atoms with Gasteiger partial charge in [0.2, 0.25) is 59.3 Å². The molecule has 2 fully saturated rings. The number of phenols is 3. The van der Waals surface area contributed by atoms with E-state index < -0.39 is 215 Å². The lowest BCUT2D eigenvalue weighted by atomic mass is 9.86. The molecule has 0 aliphatic carbocycles. The van der Waals surface area contributed by atoms with Crippen molar-refractivity contribution in [3.8, 4) is 57.1 Å². The second-order valence-electron chi connectivity index (χ2n) is 32.5. The maximum absolute atomic E-state index is 16.3. The smallest absolute Gasteiger partial charge is 0.248 e. The van der Waals surface area contributed by atoms with Crippen LogP contribution in [0.25, 0.3) is 11.1 Å². The molecule has 656 valence electrons. The largest absolute Gasteiger partial charge is 0.508 e. The number of benzene rings is 5. The number of nitrogens with one attached hydrogen (secondary N) is 8. The summed E-state index contributed by atoms with van der Waals surface area (Å²) in [6, 6.07) is 0.679. The molecular formula is C82H110Cl2N11O23S2+. The Kier molecular flexibility index (Phi) is 32.5. The number of carbonyl (C=O) groups excluding carboxylic acids is 8. The number of carbonyl (C=O) groups is 8. The van der Waals surface area contributed by atoms with Gasteiger partial charge in [-0.1, -0.05) is 115 Å². The van der Waals surface area contributed by atoms with Gasteiger partial charge in [-0.2, -0.15) is 0 Å². The van der Waals surface area contributed by atoms with E-state index >= 15 is 19.2 Å². The number of nitrogens with zero attached hydrogens (tertiary/aromatic N) is 1. The summed E-state index contributed by atoms with van der Waals surface area (Å²) in [4.78, 5) is 121. The first-order valence-electron chi connectivity index (χ1n) is 39.9. The molecule has 0 spiro atoms. The van der Waals surface area contributed by atoms with E-state index in [1.165, 1.54) is 88.1 Å². The minimum atomic E-state index is -2.33. The summed E-state index contributed by atoms with van der Waals surface area (Å²) < 4.78 is 39.7. The Labute approximate surface area is 712 Å². The van der Waals surface area contributed by atoms with Crippen molar-refractivity contribution in [3.63, 3.8) is 0 Å². The molecule has 5 aromatic carbocycles. The summed E-state index contributed by atoms with van der Waals surface area (Å²) in [6.07, 6.45) is -8.06. The predicted molar refractivity (Wildman–Crippen MR) is 444 cm³/mol. The van der Waals surface area contributed by atoms with E-state index in [1.807, 2.05) is 13.8 Å². The lowest BCUT2D eigenvalue weighted by molar-refractivity contribution is -0.870. The summed E-state index contributed by atoms with van der Waals surface area (Å²) >= 11 is 14.3. The minimum absolute atomic E-state index is 0.0167. The Morgan fingerprint density at radius 3 is 1.87 bits per heavy atom. The summed E-state index contributed by atoms with van der Waals surface area (Å²) in [5.41, 5.74) is 8.78. The molecule has 0 unspecified atom stereocenters. The number of unbranched alkanes of at least 4 members (excludes halogenated alkanes) is 8. The van der Waals surface area contributed by atoms with Gasteiger partial charge in [-0.15, -0.1) is 0 Å². The summed E-state index contributed by atoms with van der Waals surface area (Å²) in [5.74, 6) is -13.2. The number of phenolic OH excluding ortho intramolecular Hbond substituents is 3. The number of likely N-dealkylation sites (N-methyl/N-ethyl adjacent to an activating group) is 1. The molecule has 0 saturated carbocycles. The van der Waals surface area contributed by atoms with Gasteiger partial charge in [0.15, 0.2) is 23.9 Å². The molecule has 18 atom stereocenters. The zero-order chi connectivity index (χ0) is 87.4. The van der Waals surface area contributed by atoms with Crippen molar-refractivity contribution in [2.24, 2.45) is 17.4 Å². The number of rotatable bonds is 29. The molecule has 11 bridgehead atoms. The van der Waals surface area contributed by atoms with Crippen LogP contribution in [-0.4, -0.2) is 236 Å². The van der Waals surface area contributed by atoms with Gasteiger partial charge in [-0.05, 0) is 135 Å². The van der Waals surface area contributed by atoms with E-state index in [0.717, 1.165) is 97.1 Å². The van der Waals surface area contributed by atoms with E-state index in [9.17, 15) is 65.1 Å². The molecule has 21 N–H and O–H groups in total. The highest BCUT2D eigenvalue weighted by molar-refractivity contribution is 8.76. The van der Waals surface area contributed by atoms with Gasteiger partial charge in [-0.25, -0.2) is 0 Å². The minimum Gasteiger partial charge on any atom is -0.508 e. The van der Waals surface area contributed by atoms with Gasteiger partial charge in [0, 0.05) is 47.2 Å². The van der Waals surface area contributed by atoms with Crippen molar-refractivity contribution < 1.29 is 117 Å². The fourth-order valence-corrected chi connectivity index (χ4v) is 17.4. The van der Waals surface area contributed by atoms with Gasteiger partial charge in [0.05, 0.1) is 69.0 Å². The van der Waals surface area contributed by atoms with Crippen LogP contribution in [0.2, 0.25) is 10.0 Å². The molecule has 34 nitrogen and oxygen atoms in total. The maximum Gasteiger partial charge on any atom is 0.248 e. The van der Waals surface area contributed by atoms with Crippen molar-refractivity contribution in [2.75, 3.05) is 59.4 Å². The average Bonchev–Trinajstić information content (AvgIpc) is 0.769. The van der Waals surface area contributed by atoms with Crippen molar-refractivity contribution >= 4 is 92.0 Å². The normalized spacial score (nSPS) is 26.8. The summed E-state index contributed by atoms with van der Waals surface area (Å²) in [5, 5.41) is 126. The van der Waals surface area contributed by atoms with E-state index in [-0.39, 0.29) is 75.2 Å². The number of quaternary nitrogens is 1. The molecule has 5 aromatic rings. The van der Waals surface area contributed by atoms with E-state index in [4.69, 9.17) is 63.1 Å². The van der Waals surface area contributed by atoms with Gasteiger partial charge in [0.25, 0.3) is 0 Å². The first kappa shape index (κ1) is 93.7. The highest BCUT2D eigenvalue weighted by Gasteiger charge is 2.52. The number of hydrogen-bond acceptors (Lipinski definition) is 27. The highest BCUT2D eigenvalue weighted by atomic mass is 35.5. The van der Waals surface area contributed by atoms with Crippen LogP contribution >= 0.6 is 44.8 Å². The van der Waals surface area contributed by atoms with Crippen LogP contribution < -0.4 is 68.2 Å². The molecule has 0 radical (unpaired) electrons. The number of primary amides is 1. The first-order chi connectivity index (χ1) is 56.8. The number of aromatic hydroxyl groups is 3. The molecule has 7 aliphatic heterocycles. The standard InChI is InChI=1S/C82H109Cl2N11O23S2/c1-39(2)28-50(87-5)74(106)93-65-67(101)42-19-22-54(48(83)30-42)114-56-32-44-33-57(71(56)118-81-72(70(104)69(103)58(38-96)116-81)117-60-37-82(4,86)73(105)40(3)113-60)115-55-23-20-43(31-49(55)84)68(102)66-80(112)92-64(76(108)88-24-27-120-119-26-17-15-13-11-9-10-12-14-16-25-95(6,7)8)47-34-45(97)35-53(99)61(47)46-29-41(18-21-52(46)98)62(77(109)94-66)91-78(110)63(44)90-75(107)51(36-59(85)100)89-79(65)111/h18-23,29-35,39-40,50-51,58,60,62-70,72-73,81,87,96,101-105H,9-17,24-28,36-38,86H2,1-8H3,(H11-,85,88,89,90,91,92,93,94,97,98,99,100,106,107,108,109,110,111,112)/p+1/t40-,50+,51-,58+,60-,62+,63+,64-,65+,66-,67+,68+,69+,70-,72+,73+,81-,82-/m0/s1. The summed E-state index contributed by atoms with van der Waals surface area (Å²) in [6.45, 7) is 6.90. The van der Waals surface area contributed by atoms with Crippen LogP contribution in [0.5, 0.6) is 46.0 Å².